The Kier molecular flexibility index (Phi) is 7.37. The van der Waals surface area contributed by atoms with Crippen molar-refractivity contribution in [2.75, 3.05) is 18.4 Å². The standard InChI is InChI=1S/C20H29N3O4S/c1-6-7-8-9-23(13-19(24)21-18-12-17(5)27-22-18)28(25,26)20-15(3)10-14(2)11-16(20)4/h10-12H,6-9,13H2,1-5H3,(H,21,22,24). The highest BCUT2D eigenvalue weighted by Crippen LogP contribution is 2.25. The third-order valence-corrected chi connectivity index (χ3v) is 6.58. The van der Waals surface area contributed by atoms with Crippen LogP contribution in [0.4, 0.5) is 5.82 Å². The smallest absolute Gasteiger partial charge is 0.244 e. The van der Waals surface area contributed by atoms with Gasteiger partial charge in [-0.15, -0.1) is 0 Å². The van der Waals surface area contributed by atoms with E-state index in [9.17, 15) is 13.2 Å². The maximum absolute atomic E-state index is 13.4. The van der Waals surface area contributed by atoms with Crippen LogP contribution in [0.3, 0.4) is 0 Å². The summed E-state index contributed by atoms with van der Waals surface area (Å²) < 4.78 is 33.0. The maximum atomic E-state index is 13.4. The molecule has 0 radical (unpaired) electrons. The van der Waals surface area contributed by atoms with Crippen LogP contribution in [0.15, 0.2) is 27.6 Å². The predicted molar refractivity (Wildman–Crippen MR) is 109 cm³/mol. The zero-order valence-electron chi connectivity index (χ0n) is 17.2. The van der Waals surface area contributed by atoms with E-state index in [1.807, 2.05) is 26.0 Å². The molecule has 28 heavy (non-hydrogen) atoms. The number of carbonyl (C=O) groups is 1. The number of aryl methyl sites for hydroxylation is 4. The Morgan fingerprint density at radius 2 is 1.75 bits per heavy atom. The van der Waals surface area contributed by atoms with E-state index in [1.54, 1.807) is 26.8 Å². The van der Waals surface area contributed by atoms with Crippen molar-refractivity contribution in [3.63, 3.8) is 0 Å². The molecule has 0 spiro atoms. The maximum Gasteiger partial charge on any atom is 0.244 e. The molecule has 0 saturated heterocycles. The number of hydrogen-bond acceptors (Lipinski definition) is 5. The van der Waals surface area contributed by atoms with Crippen LogP contribution in [0.2, 0.25) is 0 Å². The van der Waals surface area contributed by atoms with Gasteiger partial charge in [0.15, 0.2) is 5.82 Å². The number of benzene rings is 1. The second-order valence-corrected chi connectivity index (χ2v) is 9.02. The fraction of sp³-hybridized carbons (Fsp3) is 0.500. The molecule has 0 aliphatic rings. The molecular formula is C20H29N3O4S. The van der Waals surface area contributed by atoms with Gasteiger partial charge in [-0.3, -0.25) is 4.79 Å². The molecule has 1 amide bonds. The van der Waals surface area contributed by atoms with Gasteiger partial charge in [-0.1, -0.05) is 42.6 Å². The second kappa shape index (κ2) is 9.34. The number of nitrogens with one attached hydrogen (secondary N) is 1. The lowest BCUT2D eigenvalue weighted by atomic mass is 10.1. The number of aromatic nitrogens is 1. The van der Waals surface area contributed by atoms with Gasteiger partial charge in [-0.05, 0) is 45.2 Å². The normalized spacial score (nSPS) is 11.8. The van der Waals surface area contributed by atoms with Gasteiger partial charge in [-0.25, -0.2) is 8.42 Å². The van der Waals surface area contributed by atoms with Crippen LogP contribution < -0.4 is 5.32 Å². The van der Waals surface area contributed by atoms with Gasteiger partial charge in [0.25, 0.3) is 0 Å². The minimum Gasteiger partial charge on any atom is -0.360 e. The summed E-state index contributed by atoms with van der Waals surface area (Å²) in [5.74, 6) is 0.389. The number of rotatable bonds is 9. The highest BCUT2D eigenvalue weighted by molar-refractivity contribution is 7.89. The number of anilines is 1. The van der Waals surface area contributed by atoms with Crippen molar-refractivity contribution < 1.29 is 17.7 Å². The molecule has 0 unspecified atom stereocenters. The monoisotopic (exact) mass is 407 g/mol. The highest BCUT2D eigenvalue weighted by Gasteiger charge is 2.29. The molecular weight excluding hydrogens is 378 g/mol. The molecule has 2 aromatic rings. The Bertz CT molecular complexity index is 912. The number of sulfonamides is 1. The fourth-order valence-corrected chi connectivity index (χ4v) is 5.14. The Morgan fingerprint density at radius 3 is 2.29 bits per heavy atom. The highest BCUT2D eigenvalue weighted by atomic mass is 32.2. The minimum atomic E-state index is -3.81. The lowest BCUT2D eigenvalue weighted by Crippen LogP contribution is -2.39. The lowest BCUT2D eigenvalue weighted by molar-refractivity contribution is -0.116. The average molecular weight is 408 g/mol. The Hall–Kier alpha value is -2.19. The zero-order chi connectivity index (χ0) is 20.9. The quantitative estimate of drug-likeness (QED) is 0.640. The first kappa shape index (κ1) is 22.1. The Morgan fingerprint density at radius 1 is 1.11 bits per heavy atom. The van der Waals surface area contributed by atoms with E-state index in [4.69, 9.17) is 4.52 Å². The van der Waals surface area contributed by atoms with Gasteiger partial charge < -0.3 is 9.84 Å². The second-order valence-electron chi connectivity index (χ2n) is 7.14. The van der Waals surface area contributed by atoms with Gasteiger partial charge in [-0.2, -0.15) is 4.31 Å². The van der Waals surface area contributed by atoms with Crippen molar-refractivity contribution in [1.29, 1.82) is 0 Å². The fourth-order valence-electron chi connectivity index (χ4n) is 3.29. The predicted octanol–water partition coefficient (Wildman–Crippen LogP) is 3.73. The average Bonchev–Trinajstić information content (AvgIpc) is 2.97. The molecule has 1 N–H and O–H groups in total. The summed E-state index contributed by atoms with van der Waals surface area (Å²) in [7, 11) is -3.81. The van der Waals surface area contributed by atoms with Crippen molar-refractivity contribution in [3.05, 3.63) is 40.6 Å². The number of unbranched alkanes of at least 4 members (excludes halogenated alkanes) is 2. The van der Waals surface area contributed by atoms with Crippen LogP contribution in [-0.4, -0.2) is 36.9 Å². The SMILES string of the molecule is CCCCCN(CC(=O)Nc1cc(C)on1)S(=O)(=O)c1c(C)cc(C)cc1C. The summed E-state index contributed by atoms with van der Waals surface area (Å²) >= 11 is 0. The third kappa shape index (κ3) is 5.42. The van der Waals surface area contributed by atoms with Crippen molar-refractivity contribution in [3.8, 4) is 0 Å². The summed E-state index contributed by atoms with van der Waals surface area (Å²) in [6.07, 6.45) is 2.54. The minimum absolute atomic E-state index is 0.273. The molecule has 1 aromatic heterocycles. The van der Waals surface area contributed by atoms with Gasteiger partial charge in [0.2, 0.25) is 15.9 Å². The number of hydrogen-bond donors (Lipinski definition) is 1. The van der Waals surface area contributed by atoms with Crippen LogP contribution in [0.25, 0.3) is 0 Å². The first-order valence-corrected chi connectivity index (χ1v) is 10.9. The Labute approximate surface area is 167 Å². The largest absolute Gasteiger partial charge is 0.360 e. The van der Waals surface area contributed by atoms with Gasteiger partial charge in [0.05, 0.1) is 11.4 Å². The van der Waals surface area contributed by atoms with Crippen molar-refractivity contribution in [2.45, 2.75) is 58.8 Å². The molecule has 0 aliphatic carbocycles. The summed E-state index contributed by atoms with van der Waals surface area (Å²) in [5, 5.41) is 6.32. The summed E-state index contributed by atoms with van der Waals surface area (Å²) in [5.41, 5.74) is 2.38. The molecule has 0 aliphatic heterocycles. The number of carbonyl (C=O) groups excluding carboxylic acids is 1. The molecule has 0 atom stereocenters. The molecule has 154 valence electrons. The van der Waals surface area contributed by atoms with Crippen LogP contribution in [0, 0.1) is 27.7 Å². The van der Waals surface area contributed by atoms with Crippen LogP contribution in [0.1, 0.15) is 48.6 Å². The van der Waals surface area contributed by atoms with E-state index < -0.39 is 15.9 Å². The molecule has 8 heteroatoms. The first-order valence-electron chi connectivity index (χ1n) is 9.46. The molecule has 1 heterocycles. The third-order valence-electron chi connectivity index (χ3n) is 4.43. The molecule has 2 rings (SSSR count). The van der Waals surface area contributed by atoms with E-state index in [1.165, 1.54) is 4.31 Å². The summed E-state index contributed by atoms with van der Waals surface area (Å²) in [4.78, 5) is 12.7. The van der Waals surface area contributed by atoms with E-state index >= 15 is 0 Å². The molecule has 0 bridgehead atoms. The van der Waals surface area contributed by atoms with E-state index in [0.29, 0.717) is 23.3 Å². The molecule has 0 saturated carbocycles. The van der Waals surface area contributed by atoms with Crippen molar-refractivity contribution in [1.82, 2.24) is 9.46 Å². The zero-order valence-corrected chi connectivity index (χ0v) is 18.0. The van der Waals surface area contributed by atoms with E-state index in [-0.39, 0.29) is 23.8 Å². The lowest BCUT2D eigenvalue weighted by Gasteiger charge is -2.24. The number of nitrogens with zero attached hydrogens (tertiary/aromatic N) is 2. The number of amides is 1. The first-order chi connectivity index (χ1) is 13.1. The van der Waals surface area contributed by atoms with Crippen molar-refractivity contribution in [2.24, 2.45) is 0 Å². The Balaban J connectivity index is 2.29. The molecule has 1 aromatic carbocycles. The van der Waals surface area contributed by atoms with Crippen LogP contribution in [-0.2, 0) is 14.8 Å². The van der Waals surface area contributed by atoms with Gasteiger partial charge >= 0.3 is 0 Å². The van der Waals surface area contributed by atoms with Crippen LogP contribution >= 0.6 is 0 Å². The van der Waals surface area contributed by atoms with Crippen LogP contribution in [0.5, 0.6) is 0 Å². The van der Waals surface area contributed by atoms with Gasteiger partial charge in [0, 0.05) is 12.6 Å². The summed E-state index contributed by atoms with van der Waals surface area (Å²) in [6, 6.07) is 5.28. The van der Waals surface area contributed by atoms with Crippen molar-refractivity contribution >= 4 is 21.7 Å². The molecule has 0 fully saturated rings. The van der Waals surface area contributed by atoms with E-state index in [0.717, 1.165) is 18.4 Å². The van der Waals surface area contributed by atoms with E-state index in [2.05, 4.69) is 10.5 Å². The summed E-state index contributed by atoms with van der Waals surface area (Å²) in [6.45, 7) is 9.28. The topological polar surface area (TPSA) is 92.5 Å². The van der Waals surface area contributed by atoms with Gasteiger partial charge in [0.1, 0.15) is 5.76 Å². The molecule has 7 nitrogen and oxygen atoms in total.